The monoisotopic (exact) mass is 309 g/mol. The fourth-order valence-electron chi connectivity index (χ4n) is 2.34. The Morgan fingerprint density at radius 1 is 1.50 bits per heavy atom. The van der Waals surface area contributed by atoms with Gasteiger partial charge in [0.2, 0.25) is 0 Å². The Kier molecular flexibility index (Phi) is 4.14. The molecule has 2 atom stereocenters. The van der Waals surface area contributed by atoms with Crippen molar-refractivity contribution in [3.63, 3.8) is 0 Å². The van der Waals surface area contributed by atoms with Crippen LogP contribution in [0.3, 0.4) is 0 Å². The number of aliphatic hydroxyl groups is 2. The molecular weight excluding hydrogens is 286 g/mol. The molecule has 0 bridgehead atoms. The molecule has 122 valence electrons. The van der Waals surface area contributed by atoms with Crippen LogP contribution in [0.5, 0.6) is 0 Å². The predicted molar refractivity (Wildman–Crippen MR) is 80.7 cm³/mol. The molecule has 2 rings (SSSR count). The summed E-state index contributed by atoms with van der Waals surface area (Å²) in [5.41, 5.74) is -1.40. The van der Waals surface area contributed by atoms with Crippen LogP contribution in [-0.4, -0.2) is 55.8 Å². The number of nitrogens with one attached hydrogen (secondary N) is 1. The topological polar surface area (TPSA) is 107 Å². The number of hydrogen-bond donors (Lipinski definition) is 3. The van der Waals surface area contributed by atoms with Gasteiger partial charge in [-0.05, 0) is 19.4 Å². The highest BCUT2D eigenvalue weighted by molar-refractivity contribution is 5.92. The molecule has 1 aromatic rings. The van der Waals surface area contributed by atoms with Gasteiger partial charge in [-0.25, -0.2) is 4.79 Å². The quantitative estimate of drug-likeness (QED) is 0.678. The molecule has 0 unspecified atom stereocenters. The molecule has 1 fully saturated rings. The van der Waals surface area contributed by atoms with Crippen LogP contribution in [0.25, 0.3) is 0 Å². The third kappa shape index (κ3) is 3.36. The lowest BCUT2D eigenvalue weighted by Crippen LogP contribution is -2.55. The average Bonchev–Trinajstić information content (AvgIpc) is 2.39. The molecule has 7 nitrogen and oxygen atoms in total. The van der Waals surface area contributed by atoms with Crippen LogP contribution in [0, 0.1) is 0 Å². The molecule has 22 heavy (non-hydrogen) atoms. The maximum Gasteiger partial charge on any atom is 0.345 e. The third-order valence-corrected chi connectivity index (χ3v) is 4.06. The van der Waals surface area contributed by atoms with Crippen molar-refractivity contribution < 1.29 is 15.0 Å². The van der Waals surface area contributed by atoms with Gasteiger partial charge in [-0.2, -0.15) is 4.98 Å². The fourth-order valence-corrected chi connectivity index (χ4v) is 2.34. The first-order valence-electron chi connectivity index (χ1n) is 7.32. The number of β-amino-alcohol motifs (C(OH)–C–C–N with tert-alkyl or cyclic N) is 1. The van der Waals surface area contributed by atoms with Crippen LogP contribution in [0.15, 0.2) is 10.9 Å². The first-order chi connectivity index (χ1) is 10.0. The molecule has 1 aliphatic heterocycles. The van der Waals surface area contributed by atoms with Gasteiger partial charge in [0, 0.05) is 24.2 Å². The highest BCUT2D eigenvalue weighted by Gasteiger charge is 2.38. The van der Waals surface area contributed by atoms with Gasteiger partial charge in [0.25, 0.3) is 5.91 Å². The predicted octanol–water partition coefficient (Wildman–Crippen LogP) is 0.0252. The van der Waals surface area contributed by atoms with Crippen LogP contribution in [-0.2, 0) is 5.41 Å². The second-order valence-electron chi connectivity index (χ2n) is 7.11. The highest BCUT2D eigenvalue weighted by Crippen LogP contribution is 2.24. The van der Waals surface area contributed by atoms with E-state index in [1.165, 1.54) is 4.90 Å². The largest absolute Gasteiger partial charge is 0.388 e. The summed E-state index contributed by atoms with van der Waals surface area (Å²) in [5, 5.41) is 19.9. The van der Waals surface area contributed by atoms with Crippen molar-refractivity contribution in [3.8, 4) is 0 Å². The van der Waals surface area contributed by atoms with E-state index >= 15 is 0 Å². The van der Waals surface area contributed by atoms with Gasteiger partial charge in [0.05, 0.1) is 11.7 Å². The number of carbonyl (C=O) groups excluding carboxylic acids is 1. The van der Waals surface area contributed by atoms with Gasteiger partial charge >= 0.3 is 5.69 Å². The first-order valence-corrected chi connectivity index (χ1v) is 7.32. The highest BCUT2D eigenvalue weighted by atomic mass is 16.3. The van der Waals surface area contributed by atoms with Crippen LogP contribution in [0.4, 0.5) is 0 Å². The number of aromatic nitrogens is 2. The zero-order valence-electron chi connectivity index (χ0n) is 13.4. The second-order valence-corrected chi connectivity index (χ2v) is 7.11. The van der Waals surface area contributed by atoms with Gasteiger partial charge in [0.15, 0.2) is 0 Å². The van der Waals surface area contributed by atoms with E-state index < -0.39 is 23.3 Å². The molecule has 0 saturated carbocycles. The van der Waals surface area contributed by atoms with Gasteiger partial charge in [-0.1, -0.05) is 20.8 Å². The molecule has 1 aromatic heterocycles. The summed E-state index contributed by atoms with van der Waals surface area (Å²) in [6.45, 7) is 7.65. The summed E-state index contributed by atoms with van der Waals surface area (Å²) in [5.74, 6) is -0.411. The standard InChI is InChI=1S/C15H23N3O4/c1-14(2,3)10-7-9(16-13(21)17-10)12(20)18-6-5-15(4,22)11(19)8-18/h7,11,19,22H,5-6,8H2,1-4H3,(H,16,17,21)/t11-,15+/m0/s1. The maximum absolute atomic E-state index is 12.5. The first kappa shape index (κ1) is 16.6. The maximum atomic E-state index is 12.5. The van der Waals surface area contributed by atoms with Crippen molar-refractivity contribution >= 4 is 5.91 Å². The molecule has 2 heterocycles. The molecule has 1 aliphatic rings. The van der Waals surface area contributed by atoms with E-state index in [1.807, 2.05) is 20.8 Å². The number of carbonyl (C=O) groups is 1. The molecule has 0 radical (unpaired) electrons. The van der Waals surface area contributed by atoms with Gasteiger partial charge in [-0.3, -0.25) is 4.79 Å². The van der Waals surface area contributed by atoms with Crippen LogP contribution >= 0.6 is 0 Å². The number of aromatic amines is 1. The van der Waals surface area contributed by atoms with Gasteiger partial charge < -0.3 is 20.1 Å². The molecule has 1 amide bonds. The number of nitrogens with zero attached hydrogens (tertiary/aromatic N) is 2. The fraction of sp³-hybridized carbons (Fsp3) is 0.667. The number of aliphatic hydroxyl groups excluding tert-OH is 1. The van der Waals surface area contributed by atoms with Crippen molar-refractivity contribution in [3.05, 3.63) is 27.9 Å². The number of likely N-dealkylation sites (tertiary alicyclic amines) is 1. The number of piperidine rings is 1. The minimum absolute atomic E-state index is 0.0190. The second kappa shape index (κ2) is 5.48. The summed E-state index contributed by atoms with van der Waals surface area (Å²) in [6.07, 6.45) is -0.746. The lowest BCUT2D eigenvalue weighted by atomic mass is 9.90. The Bertz CT molecular complexity index is 630. The minimum atomic E-state index is -1.20. The van der Waals surface area contributed by atoms with Crippen LogP contribution < -0.4 is 5.69 Å². The van der Waals surface area contributed by atoms with E-state index in [-0.39, 0.29) is 24.1 Å². The van der Waals surface area contributed by atoms with E-state index in [2.05, 4.69) is 9.97 Å². The van der Waals surface area contributed by atoms with E-state index in [0.717, 1.165) is 0 Å². The van der Waals surface area contributed by atoms with E-state index in [0.29, 0.717) is 12.2 Å². The average molecular weight is 309 g/mol. The molecule has 0 aliphatic carbocycles. The zero-order chi connectivity index (χ0) is 16.7. The summed E-state index contributed by atoms with van der Waals surface area (Å²) < 4.78 is 0. The third-order valence-electron chi connectivity index (χ3n) is 4.06. The number of rotatable bonds is 1. The Morgan fingerprint density at radius 3 is 2.68 bits per heavy atom. The summed E-state index contributed by atoms with van der Waals surface area (Å²) in [6, 6.07) is 1.57. The number of amides is 1. The van der Waals surface area contributed by atoms with Crippen LogP contribution in [0.2, 0.25) is 0 Å². The van der Waals surface area contributed by atoms with E-state index in [9.17, 15) is 19.8 Å². The lowest BCUT2D eigenvalue weighted by Gasteiger charge is -2.39. The van der Waals surface area contributed by atoms with Crippen molar-refractivity contribution in [2.24, 2.45) is 0 Å². The minimum Gasteiger partial charge on any atom is -0.388 e. The van der Waals surface area contributed by atoms with Crippen molar-refractivity contribution in [1.29, 1.82) is 0 Å². The molecule has 3 N–H and O–H groups in total. The Labute approximate surface area is 129 Å². The van der Waals surface area contributed by atoms with Crippen molar-refractivity contribution in [2.75, 3.05) is 13.1 Å². The summed E-state index contributed by atoms with van der Waals surface area (Å²) >= 11 is 0. The molecule has 1 saturated heterocycles. The Balaban J connectivity index is 2.27. The SMILES string of the molecule is CC(C)(C)c1cc(C(=O)N2CC[C@@](C)(O)[C@@H](O)C2)nc(=O)[nH]1. The summed E-state index contributed by atoms with van der Waals surface area (Å²) in [4.78, 5) is 32.0. The van der Waals surface area contributed by atoms with E-state index in [1.54, 1.807) is 13.0 Å². The zero-order valence-corrected chi connectivity index (χ0v) is 13.4. The lowest BCUT2D eigenvalue weighted by molar-refractivity contribution is -0.1000. The molecule has 7 heteroatoms. The van der Waals surface area contributed by atoms with E-state index in [4.69, 9.17) is 0 Å². The Morgan fingerprint density at radius 2 is 2.14 bits per heavy atom. The summed E-state index contributed by atoms with van der Waals surface area (Å²) in [7, 11) is 0. The smallest absolute Gasteiger partial charge is 0.345 e. The van der Waals surface area contributed by atoms with Crippen molar-refractivity contribution in [1.82, 2.24) is 14.9 Å². The number of hydrogen-bond acceptors (Lipinski definition) is 5. The normalized spacial score (nSPS) is 26.1. The molecule has 0 spiro atoms. The molecular formula is C15H23N3O4. The number of H-pyrrole nitrogens is 1. The van der Waals surface area contributed by atoms with Gasteiger partial charge in [0.1, 0.15) is 5.69 Å². The Hall–Kier alpha value is -1.73. The van der Waals surface area contributed by atoms with Crippen LogP contribution in [0.1, 0.15) is 50.3 Å². The van der Waals surface area contributed by atoms with Crippen molar-refractivity contribution in [2.45, 2.75) is 51.2 Å². The van der Waals surface area contributed by atoms with Gasteiger partial charge in [-0.15, -0.1) is 0 Å². The molecule has 0 aromatic carbocycles.